The van der Waals surface area contributed by atoms with Gasteiger partial charge in [0.05, 0.1) is 0 Å². The second-order valence-electron chi connectivity index (χ2n) is 3.81. The number of rotatable bonds is 3. The third-order valence-corrected chi connectivity index (χ3v) is 2.61. The highest BCUT2D eigenvalue weighted by Crippen LogP contribution is 2.22. The molecule has 0 radical (unpaired) electrons. The lowest BCUT2D eigenvalue weighted by atomic mass is 10.1. The molecular formula is C12H14N2O2. The third kappa shape index (κ3) is 2.05. The van der Waals surface area contributed by atoms with Crippen LogP contribution in [0.15, 0.2) is 28.8 Å². The molecule has 2 rings (SSSR count). The molecule has 0 bridgehead atoms. The molecular weight excluding hydrogens is 204 g/mol. The largest absolute Gasteiger partial charge is 0.508 e. The Morgan fingerprint density at radius 3 is 2.62 bits per heavy atom. The number of benzene rings is 1. The predicted octanol–water partition coefficient (Wildman–Crippen LogP) is 2.96. The molecule has 0 fully saturated rings. The van der Waals surface area contributed by atoms with Crippen molar-refractivity contribution < 1.29 is 9.63 Å². The van der Waals surface area contributed by atoms with Gasteiger partial charge < -0.3 is 9.63 Å². The molecule has 1 aromatic heterocycles. The zero-order valence-corrected chi connectivity index (χ0v) is 9.34. The fourth-order valence-corrected chi connectivity index (χ4v) is 1.34. The lowest BCUT2D eigenvalue weighted by molar-refractivity contribution is 0.416. The first-order chi connectivity index (χ1) is 7.70. The Morgan fingerprint density at radius 2 is 2.00 bits per heavy atom. The van der Waals surface area contributed by atoms with Gasteiger partial charge in [0.15, 0.2) is 5.82 Å². The molecule has 1 heterocycles. The molecule has 1 aromatic carbocycles. The zero-order valence-electron chi connectivity index (χ0n) is 9.34. The Kier molecular flexibility index (Phi) is 2.90. The molecule has 16 heavy (non-hydrogen) atoms. The van der Waals surface area contributed by atoms with E-state index in [1.165, 1.54) is 0 Å². The van der Waals surface area contributed by atoms with Crippen molar-refractivity contribution in [2.24, 2.45) is 0 Å². The van der Waals surface area contributed by atoms with Gasteiger partial charge in [-0.3, -0.25) is 0 Å². The molecule has 4 heteroatoms. The van der Waals surface area contributed by atoms with Crippen molar-refractivity contribution in [3.8, 4) is 17.2 Å². The first-order valence-corrected chi connectivity index (χ1v) is 5.33. The first-order valence-electron chi connectivity index (χ1n) is 5.33. The van der Waals surface area contributed by atoms with Crippen LogP contribution in [0.4, 0.5) is 0 Å². The normalized spacial score (nSPS) is 12.6. The summed E-state index contributed by atoms with van der Waals surface area (Å²) in [5.74, 6) is 1.75. The molecule has 0 aliphatic carbocycles. The molecule has 1 atom stereocenters. The molecule has 84 valence electrons. The van der Waals surface area contributed by atoms with Gasteiger partial charge in [0.2, 0.25) is 0 Å². The van der Waals surface area contributed by atoms with Crippen LogP contribution in [0.2, 0.25) is 0 Å². The molecule has 0 amide bonds. The van der Waals surface area contributed by atoms with Gasteiger partial charge in [-0.25, -0.2) is 0 Å². The molecule has 1 unspecified atom stereocenters. The maximum Gasteiger partial charge on any atom is 0.257 e. The van der Waals surface area contributed by atoms with Crippen LogP contribution in [-0.4, -0.2) is 15.2 Å². The summed E-state index contributed by atoms with van der Waals surface area (Å²) in [5.41, 5.74) is 0.819. The highest BCUT2D eigenvalue weighted by molar-refractivity contribution is 5.54. The van der Waals surface area contributed by atoms with Gasteiger partial charge in [-0.2, -0.15) is 4.98 Å². The topological polar surface area (TPSA) is 59.2 Å². The van der Waals surface area contributed by atoms with E-state index in [-0.39, 0.29) is 5.75 Å². The van der Waals surface area contributed by atoms with Crippen LogP contribution >= 0.6 is 0 Å². The van der Waals surface area contributed by atoms with Crippen molar-refractivity contribution in [3.63, 3.8) is 0 Å². The maximum atomic E-state index is 9.17. The lowest BCUT2D eigenvalue weighted by Crippen LogP contribution is -1.93. The van der Waals surface area contributed by atoms with E-state index in [2.05, 4.69) is 24.0 Å². The van der Waals surface area contributed by atoms with E-state index in [4.69, 9.17) is 9.63 Å². The minimum atomic E-state index is 0.227. The molecule has 4 nitrogen and oxygen atoms in total. The summed E-state index contributed by atoms with van der Waals surface area (Å²) >= 11 is 0. The minimum absolute atomic E-state index is 0.227. The molecule has 0 aliphatic rings. The van der Waals surface area contributed by atoms with Crippen LogP contribution < -0.4 is 0 Å². The quantitative estimate of drug-likeness (QED) is 0.860. The average Bonchev–Trinajstić information content (AvgIpc) is 2.78. The van der Waals surface area contributed by atoms with Crippen LogP contribution in [0, 0.1) is 0 Å². The van der Waals surface area contributed by atoms with Gasteiger partial charge in [-0.1, -0.05) is 19.0 Å². The molecule has 0 saturated carbocycles. The van der Waals surface area contributed by atoms with E-state index in [9.17, 15) is 0 Å². The van der Waals surface area contributed by atoms with Gasteiger partial charge in [0, 0.05) is 11.5 Å². The van der Waals surface area contributed by atoms with Crippen molar-refractivity contribution in [1.29, 1.82) is 0 Å². The van der Waals surface area contributed by atoms with Crippen LogP contribution in [0.3, 0.4) is 0 Å². The maximum absolute atomic E-state index is 9.17. The van der Waals surface area contributed by atoms with Crippen LogP contribution in [0.25, 0.3) is 11.5 Å². The molecule has 0 spiro atoms. The monoisotopic (exact) mass is 218 g/mol. The standard InChI is InChI=1S/C12H14N2O2/c1-3-8(2)11-13-12(16-14-11)9-4-6-10(15)7-5-9/h4-8,15H,3H2,1-2H3. The van der Waals surface area contributed by atoms with E-state index in [1.807, 2.05) is 0 Å². The summed E-state index contributed by atoms with van der Waals surface area (Å²) in [5, 5.41) is 13.1. The fourth-order valence-electron chi connectivity index (χ4n) is 1.34. The number of hydrogen-bond acceptors (Lipinski definition) is 4. The minimum Gasteiger partial charge on any atom is -0.508 e. The van der Waals surface area contributed by atoms with Crippen molar-refractivity contribution in [3.05, 3.63) is 30.1 Å². The summed E-state index contributed by atoms with van der Waals surface area (Å²) in [6, 6.07) is 6.71. The lowest BCUT2D eigenvalue weighted by Gasteiger charge is -1.98. The Bertz CT molecular complexity index is 462. The van der Waals surface area contributed by atoms with Gasteiger partial charge in [-0.05, 0) is 30.7 Å². The molecule has 0 aliphatic heterocycles. The number of phenolic OH excluding ortho intramolecular Hbond substituents is 1. The van der Waals surface area contributed by atoms with Crippen molar-refractivity contribution in [2.75, 3.05) is 0 Å². The summed E-state index contributed by atoms with van der Waals surface area (Å²) in [7, 11) is 0. The average molecular weight is 218 g/mol. The number of phenols is 1. The Hall–Kier alpha value is -1.84. The van der Waals surface area contributed by atoms with E-state index < -0.39 is 0 Å². The Labute approximate surface area is 93.9 Å². The second kappa shape index (κ2) is 4.35. The van der Waals surface area contributed by atoms with E-state index in [1.54, 1.807) is 24.3 Å². The van der Waals surface area contributed by atoms with Crippen LogP contribution in [-0.2, 0) is 0 Å². The molecule has 1 N–H and O–H groups in total. The van der Waals surface area contributed by atoms with Gasteiger partial charge in [0.1, 0.15) is 5.75 Å². The zero-order chi connectivity index (χ0) is 11.5. The van der Waals surface area contributed by atoms with E-state index >= 15 is 0 Å². The second-order valence-corrected chi connectivity index (χ2v) is 3.81. The number of aromatic hydroxyl groups is 1. The summed E-state index contributed by atoms with van der Waals surface area (Å²) in [6.45, 7) is 4.15. The first kappa shape index (κ1) is 10.7. The van der Waals surface area contributed by atoms with Gasteiger partial charge in [0.25, 0.3) is 5.89 Å². The van der Waals surface area contributed by atoms with Crippen LogP contribution in [0.5, 0.6) is 5.75 Å². The van der Waals surface area contributed by atoms with E-state index in [0.717, 1.165) is 17.8 Å². The SMILES string of the molecule is CCC(C)c1noc(-c2ccc(O)cc2)n1. The van der Waals surface area contributed by atoms with Gasteiger partial charge in [-0.15, -0.1) is 0 Å². The number of nitrogens with zero attached hydrogens (tertiary/aromatic N) is 2. The summed E-state index contributed by atoms with van der Waals surface area (Å²) in [6.07, 6.45) is 0.981. The smallest absolute Gasteiger partial charge is 0.257 e. The Balaban J connectivity index is 2.28. The summed E-state index contributed by atoms with van der Waals surface area (Å²) in [4.78, 5) is 4.32. The fraction of sp³-hybridized carbons (Fsp3) is 0.333. The number of hydrogen-bond donors (Lipinski definition) is 1. The predicted molar refractivity (Wildman–Crippen MR) is 60.1 cm³/mol. The Morgan fingerprint density at radius 1 is 1.31 bits per heavy atom. The highest BCUT2D eigenvalue weighted by atomic mass is 16.5. The van der Waals surface area contributed by atoms with Gasteiger partial charge >= 0.3 is 0 Å². The molecule has 2 aromatic rings. The van der Waals surface area contributed by atoms with E-state index in [0.29, 0.717) is 11.8 Å². The molecule has 0 saturated heterocycles. The van der Waals surface area contributed by atoms with Crippen molar-refractivity contribution in [1.82, 2.24) is 10.1 Å². The van der Waals surface area contributed by atoms with Crippen LogP contribution in [0.1, 0.15) is 32.0 Å². The summed E-state index contributed by atoms with van der Waals surface area (Å²) < 4.78 is 5.17. The van der Waals surface area contributed by atoms with Crippen molar-refractivity contribution >= 4 is 0 Å². The highest BCUT2D eigenvalue weighted by Gasteiger charge is 2.12. The number of aromatic nitrogens is 2. The third-order valence-electron chi connectivity index (χ3n) is 2.61. The van der Waals surface area contributed by atoms with Crippen molar-refractivity contribution in [2.45, 2.75) is 26.2 Å².